The molecule has 1 heterocycles. The first-order valence-electron chi connectivity index (χ1n) is 9.07. The monoisotopic (exact) mass is 347 g/mol. The van der Waals surface area contributed by atoms with Crippen LogP contribution in [0.1, 0.15) is 32.6 Å². The molecule has 0 saturated carbocycles. The molecule has 1 aromatic rings. The standard InChI is InChI=1S/C19H29N3O3/c1-3-21(15-19(24)22-12-8-4-5-9-13-22)14-18(23)20-16-10-6-7-11-17(16)25-2/h6-7,10-11H,3-5,8-9,12-15H2,1-2H3,(H,20,23). The maximum Gasteiger partial charge on any atom is 0.238 e. The zero-order valence-corrected chi connectivity index (χ0v) is 15.3. The Bertz CT molecular complexity index is 569. The van der Waals surface area contributed by atoms with E-state index in [-0.39, 0.29) is 24.9 Å². The van der Waals surface area contributed by atoms with Crippen molar-refractivity contribution in [1.29, 1.82) is 0 Å². The van der Waals surface area contributed by atoms with Gasteiger partial charge in [0.15, 0.2) is 0 Å². The van der Waals surface area contributed by atoms with Gasteiger partial charge in [-0.1, -0.05) is 31.9 Å². The van der Waals surface area contributed by atoms with Gasteiger partial charge in [0.25, 0.3) is 0 Å². The highest BCUT2D eigenvalue weighted by Gasteiger charge is 2.19. The fourth-order valence-electron chi connectivity index (χ4n) is 3.03. The van der Waals surface area contributed by atoms with Crippen LogP contribution in [0, 0.1) is 0 Å². The van der Waals surface area contributed by atoms with Gasteiger partial charge >= 0.3 is 0 Å². The number of hydrogen-bond acceptors (Lipinski definition) is 4. The molecule has 1 aromatic carbocycles. The average molecular weight is 347 g/mol. The zero-order valence-electron chi connectivity index (χ0n) is 15.3. The summed E-state index contributed by atoms with van der Waals surface area (Å²) in [7, 11) is 1.57. The number of nitrogens with one attached hydrogen (secondary N) is 1. The molecule has 0 aliphatic carbocycles. The molecule has 1 aliphatic rings. The number of likely N-dealkylation sites (tertiary alicyclic amines) is 1. The van der Waals surface area contributed by atoms with Crippen LogP contribution in [0.25, 0.3) is 0 Å². The van der Waals surface area contributed by atoms with Gasteiger partial charge in [-0.05, 0) is 31.5 Å². The summed E-state index contributed by atoms with van der Waals surface area (Å²) in [5.41, 5.74) is 0.643. The predicted octanol–water partition coefficient (Wildman–Crippen LogP) is 2.36. The summed E-state index contributed by atoms with van der Waals surface area (Å²) in [5.74, 6) is 0.600. The summed E-state index contributed by atoms with van der Waals surface area (Å²) >= 11 is 0. The minimum absolute atomic E-state index is 0.119. The maximum absolute atomic E-state index is 12.5. The quantitative estimate of drug-likeness (QED) is 0.822. The van der Waals surface area contributed by atoms with Crippen LogP contribution in [0.2, 0.25) is 0 Å². The molecule has 0 atom stereocenters. The molecule has 138 valence electrons. The highest BCUT2D eigenvalue weighted by atomic mass is 16.5. The highest BCUT2D eigenvalue weighted by molar-refractivity contribution is 5.94. The van der Waals surface area contributed by atoms with E-state index in [0.717, 1.165) is 25.9 Å². The van der Waals surface area contributed by atoms with E-state index in [2.05, 4.69) is 5.32 Å². The van der Waals surface area contributed by atoms with Crippen LogP contribution in [0.4, 0.5) is 5.69 Å². The molecule has 1 saturated heterocycles. The first-order valence-corrected chi connectivity index (χ1v) is 9.07. The number of amides is 2. The Balaban J connectivity index is 1.87. The van der Waals surface area contributed by atoms with Gasteiger partial charge in [0.2, 0.25) is 11.8 Å². The van der Waals surface area contributed by atoms with Gasteiger partial charge in [-0.2, -0.15) is 0 Å². The first-order chi connectivity index (χ1) is 12.1. The van der Waals surface area contributed by atoms with E-state index < -0.39 is 0 Å². The molecule has 0 aromatic heterocycles. The summed E-state index contributed by atoms with van der Waals surface area (Å²) < 4.78 is 5.24. The van der Waals surface area contributed by atoms with Crippen LogP contribution < -0.4 is 10.1 Å². The average Bonchev–Trinajstić information content (AvgIpc) is 2.91. The molecular formula is C19H29N3O3. The maximum atomic E-state index is 12.5. The van der Waals surface area contributed by atoms with Gasteiger partial charge < -0.3 is 15.0 Å². The van der Waals surface area contributed by atoms with Gasteiger partial charge in [0.1, 0.15) is 5.75 Å². The Morgan fingerprint density at radius 3 is 2.44 bits per heavy atom. The third-order valence-electron chi connectivity index (χ3n) is 4.51. The molecule has 1 aliphatic heterocycles. The van der Waals surface area contributed by atoms with Crippen molar-refractivity contribution in [3.63, 3.8) is 0 Å². The van der Waals surface area contributed by atoms with E-state index in [0.29, 0.717) is 18.0 Å². The normalized spacial score (nSPS) is 14.9. The van der Waals surface area contributed by atoms with Crippen LogP contribution in [0.5, 0.6) is 5.75 Å². The largest absolute Gasteiger partial charge is 0.495 e. The van der Waals surface area contributed by atoms with Crippen molar-refractivity contribution in [2.45, 2.75) is 32.6 Å². The fraction of sp³-hybridized carbons (Fsp3) is 0.579. The topological polar surface area (TPSA) is 61.9 Å². The molecule has 1 fully saturated rings. The van der Waals surface area contributed by atoms with E-state index in [9.17, 15) is 9.59 Å². The van der Waals surface area contributed by atoms with Gasteiger partial charge in [0, 0.05) is 13.1 Å². The first kappa shape index (κ1) is 19.2. The third-order valence-corrected chi connectivity index (χ3v) is 4.51. The van der Waals surface area contributed by atoms with Gasteiger partial charge in [-0.3, -0.25) is 14.5 Å². The Labute approximate surface area is 150 Å². The zero-order chi connectivity index (χ0) is 18.1. The number of carbonyl (C=O) groups excluding carboxylic acids is 2. The van der Waals surface area contributed by atoms with Crippen molar-refractivity contribution in [2.24, 2.45) is 0 Å². The molecular weight excluding hydrogens is 318 g/mol. The third kappa shape index (κ3) is 6.05. The Kier molecular flexibility index (Phi) is 7.73. The van der Waals surface area contributed by atoms with Gasteiger partial charge in [-0.25, -0.2) is 0 Å². The lowest BCUT2D eigenvalue weighted by Gasteiger charge is -2.25. The molecule has 6 heteroatoms. The van der Waals surface area contributed by atoms with Crippen molar-refractivity contribution >= 4 is 17.5 Å². The highest BCUT2D eigenvalue weighted by Crippen LogP contribution is 2.22. The summed E-state index contributed by atoms with van der Waals surface area (Å²) in [6, 6.07) is 7.30. The molecule has 1 N–H and O–H groups in total. The lowest BCUT2D eigenvalue weighted by molar-refractivity contribution is -0.132. The van der Waals surface area contributed by atoms with Gasteiger partial charge in [0.05, 0.1) is 25.9 Å². The van der Waals surface area contributed by atoms with E-state index in [1.165, 1.54) is 12.8 Å². The minimum Gasteiger partial charge on any atom is -0.495 e. The number of hydrogen-bond donors (Lipinski definition) is 1. The van der Waals surface area contributed by atoms with Crippen molar-refractivity contribution in [3.05, 3.63) is 24.3 Å². The molecule has 0 unspecified atom stereocenters. The lowest BCUT2D eigenvalue weighted by Crippen LogP contribution is -2.43. The number of nitrogens with zero attached hydrogens (tertiary/aromatic N) is 2. The van der Waals surface area contributed by atoms with Crippen LogP contribution in [0.15, 0.2) is 24.3 Å². The van der Waals surface area contributed by atoms with Crippen LogP contribution in [-0.4, -0.2) is 61.4 Å². The Morgan fingerprint density at radius 2 is 1.80 bits per heavy atom. The van der Waals surface area contributed by atoms with Crippen LogP contribution in [-0.2, 0) is 9.59 Å². The molecule has 0 bridgehead atoms. The predicted molar refractivity (Wildman–Crippen MR) is 98.8 cm³/mol. The number of carbonyl (C=O) groups is 2. The second-order valence-corrected chi connectivity index (χ2v) is 6.35. The fourth-order valence-corrected chi connectivity index (χ4v) is 3.03. The summed E-state index contributed by atoms with van der Waals surface area (Å²) in [6.45, 7) is 4.77. The van der Waals surface area contributed by atoms with E-state index in [4.69, 9.17) is 4.74 Å². The van der Waals surface area contributed by atoms with Crippen LogP contribution in [0.3, 0.4) is 0 Å². The number of ether oxygens (including phenoxy) is 1. The van der Waals surface area contributed by atoms with E-state index >= 15 is 0 Å². The molecule has 6 nitrogen and oxygen atoms in total. The number of likely N-dealkylation sites (N-methyl/N-ethyl adjacent to an activating group) is 1. The molecule has 0 radical (unpaired) electrons. The number of methoxy groups -OCH3 is 1. The van der Waals surface area contributed by atoms with E-state index in [1.807, 2.05) is 28.9 Å². The minimum atomic E-state index is -0.144. The van der Waals surface area contributed by atoms with Crippen LogP contribution >= 0.6 is 0 Å². The lowest BCUT2D eigenvalue weighted by atomic mass is 10.2. The number of anilines is 1. The molecule has 25 heavy (non-hydrogen) atoms. The molecule has 2 amide bonds. The molecule has 0 spiro atoms. The van der Waals surface area contributed by atoms with Gasteiger partial charge in [-0.15, -0.1) is 0 Å². The second kappa shape index (κ2) is 10.0. The number of rotatable bonds is 7. The van der Waals surface area contributed by atoms with Crippen molar-refractivity contribution in [1.82, 2.24) is 9.80 Å². The number of para-hydroxylation sites is 2. The van der Waals surface area contributed by atoms with E-state index in [1.54, 1.807) is 19.2 Å². The van der Waals surface area contributed by atoms with Crippen molar-refractivity contribution < 1.29 is 14.3 Å². The van der Waals surface area contributed by atoms with Crippen molar-refractivity contribution in [3.8, 4) is 5.75 Å². The Morgan fingerprint density at radius 1 is 1.12 bits per heavy atom. The SMILES string of the molecule is CCN(CC(=O)Nc1ccccc1OC)CC(=O)N1CCCCCC1. The summed E-state index contributed by atoms with van der Waals surface area (Å²) in [6.07, 6.45) is 4.55. The number of benzene rings is 1. The summed E-state index contributed by atoms with van der Waals surface area (Å²) in [4.78, 5) is 28.6. The summed E-state index contributed by atoms with van der Waals surface area (Å²) in [5, 5.41) is 2.86. The second-order valence-electron chi connectivity index (χ2n) is 6.35. The molecule has 2 rings (SSSR count). The van der Waals surface area contributed by atoms with Crippen molar-refractivity contribution in [2.75, 3.05) is 45.2 Å². The Hall–Kier alpha value is -2.08. The smallest absolute Gasteiger partial charge is 0.238 e.